The van der Waals surface area contributed by atoms with Crippen molar-refractivity contribution in [2.24, 2.45) is 5.92 Å². The maximum Gasteiger partial charge on any atom is 0.123 e. The lowest BCUT2D eigenvalue weighted by molar-refractivity contribution is 0.199. The number of halogens is 1. The number of rotatable bonds is 8. The summed E-state index contributed by atoms with van der Waals surface area (Å²) < 4.78 is 13.7. The lowest BCUT2D eigenvalue weighted by Crippen LogP contribution is -2.13. The molecular formula is C21H26FN3OS. The number of allylic oxidation sites excluding steroid dienone is 1. The average molecular weight is 388 g/mol. The first kappa shape index (κ1) is 19.7. The van der Waals surface area contributed by atoms with E-state index in [2.05, 4.69) is 10.3 Å². The van der Waals surface area contributed by atoms with Gasteiger partial charge in [0.1, 0.15) is 5.82 Å². The van der Waals surface area contributed by atoms with E-state index >= 15 is 0 Å². The molecule has 0 saturated heterocycles. The van der Waals surface area contributed by atoms with Crippen LogP contribution in [0.3, 0.4) is 0 Å². The van der Waals surface area contributed by atoms with Gasteiger partial charge in [0, 0.05) is 35.3 Å². The number of thiazole rings is 1. The number of aromatic nitrogens is 1. The molecule has 2 aromatic rings. The van der Waals surface area contributed by atoms with Gasteiger partial charge in [-0.25, -0.2) is 9.37 Å². The van der Waals surface area contributed by atoms with Crippen LogP contribution in [0.4, 0.5) is 4.39 Å². The Morgan fingerprint density at radius 2 is 2.22 bits per heavy atom. The highest BCUT2D eigenvalue weighted by molar-refractivity contribution is 7.12. The molecule has 0 radical (unpaired) electrons. The number of benzene rings is 1. The molecule has 1 heterocycles. The van der Waals surface area contributed by atoms with Crippen molar-refractivity contribution in [3.8, 4) is 11.3 Å². The first-order chi connectivity index (χ1) is 12.8. The summed E-state index contributed by atoms with van der Waals surface area (Å²) >= 11 is 1.58. The van der Waals surface area contributed by atoms with Gasteiger partial charge in [0.2, 0.25) is 0 Å². The van der Waals surface area contributed by atoms with Crippen molar-refractivity contribution < 1.29 is 9.50 Å². The van der Waals surface area contributed by atoms with Crippen molar-refractivity contribution >= 4 is 17.0 Å². The van der Waals surface area contributed by atoms with Gasteiger partial charge < -0.3 is 15.8 Å². The zero-order valence-electron chi connectivity index (χ0n) is 16.0. The molecule has 1 aromatic heterocycles. The van der Waals surface area contributed by atoms with E-state index in [0.717, 1.165) is 39.2 Å². The second-order valence-corrected chi connectivity index (χ2v) is 8.52. The minimum Gasteiger partial charge on any atom is -0.390 e. The Labute approximate surface area is 163 Å². The summed E-state index contributed by atoms with van der Waals surface area (Å²) in [5, 5.41) is 22.4. The van der Waals surface area contributed by atoms with Crippen LogP contribution in [0.2, 0.25) is 0 Å². The summed E-state index contributed by atoms with van der Waals surface area (Å²) in [7, 11) is 0. The molecule has 1 saturated carbocycles. The number of aliphatic hydroxyl groups is 1. The van der Waals surface area contributed by atoms with Crippen molar-refractivity contribution in [3.63, 3.8) is 0 Å². The average Bonchev–Trinajstić information content (AvgIpc) is 3.35. The van der Waals surface area contributed by atoms with Crippen LogP contribution in [-0.4, -0.2) is 22.3 Å². The lowest BCUT2D eigenvalue weighted by atomic mass is 9.97. The van der Waals surface area contributed by atoms with Crippen LogP contribution in [0.25, 0.3) is 11.3 Å². The van der Waals surface area contributed by atoms with E-state index in [1.54, 1.807) is 31.3 Å². The smallest absolute Gasteiger partial charge is 0.123 e. The van der Waals surface area contributed by atoms with Gasteiger partial charge in [0.05, 0.1) is 16.8 Å². The molecular weight excluding hydrogens is 361 g/mol. The van der Waals surface area contributed by atoms with Gasteiger partial charge in [0.15, 0.2) is 0 Å². The molecule has 0 aliphatic heterocycles. The van der Waals surface area contributed by atoms with E-state index in [1.165, 1.54) is 25.0 Å². The van der Waals surface area contributed by atoms with Gasteiger partial charge >= 0.3 is 0 Å². The maximum absolute atomic E-state index is 13.7. The molecule has 1 aromatic carbocycles. The second kappa shape index (κ2) is 8.31. The number of nitrogens with one attached hydrogen (secondary N) is 2. The van der Waals surface area contributed by atoms with Gasteiger partial charge in [-0.05, 0) is 68.9 Å². The Kier molecular flexibility index (Phi) is 6.07. The van der Waals surface area contributed by atoms with Gasteiger partial charge in [-0.3, -0.25) is 0 Å². The molecule has 27 heavy (non-hydrogen) atoms. The molecule has 144 valence electrons. The van der Waals surface area contributed by atoms with Crippen LogP contribution in [0.5, 0.6) is 0 Å². The van der Waals surface area contributed by atoms with Crippen molar-refractivity contribution in [1.29, 1.82) is 5.41 Å². The minimum absolute atomic E-state index is 0.372. The van der Waals surface area contributed by atoms with E-state index < -0.39 is 6.10 Å². The number of hydrogen-bond acceptors (Lipinski definition) is 5. The summed E-state index contributed by atoms with van der Waals surface area (Å²) in [6, 6.07) is 4.45. The molecule has 0 spiro atoms. The Morgan fingerprint density at radius 1 is 1.48 bits per heavy atom. The van der Waals surface area contributed by atoms with Crippen LogP contribution in [0.15, 0.2) is 30.0 Å². The Balaban J connectivity index is 1.92. The van der Waals surface area contributed by atoms with Crippen molar-refractivity contribution in [2.75, 3.05) is 6.54 Å². The monoisotopic (exact) mass is 387 g/mol. The normalized spacial score (nSPS) is 15.7. The fourth-order valence-electron chi connectivity index (χ4n) is 3.03. The fourth-order valence-corrected chi connectivity index (χ4v) is 4.00. The molecule has 1 aliphatic rings. The number of aryl methyl sites for hydroxylation is 1. The summed E-state index contributed by atoms with van der Waals surface area (Å²) in [6.45, 7) is 6.31. The molecule has 0 bridgehead atoms. The van der Waals surface area contributed by atoms with Gasteiger partial charge in [-0.1, -0.05) is 0 Å². The quantitative estimate of drug-likeness (QED) is 0.571. The second-order valence-electron chi connectivity index (χ2n) is 7.24. The molecule has 3 rings (SSSR count). The van der Waals surface area contributed by atoms with Crippen molar-refractivity contribution in [2.45, 2.75) is 46.1 Å². The number of nitrogens with zero attached hydrogens (tertiary/aromatic N) is 1. The van der Waals surface area contributed by atoms with Gasteiger partial charge in [-0.2, -0.15) is 0 Å². The number of hydrogen-bond donors (Lipinski definition) is 3. The summed E-state index contributed by atoms with van der Waals surface area (Å²) in [5.74, 6) is 0.394. The third-order valence-electron chi connectivity index (χ3n) is 4.74. The third kappa shape index (κ3) is 5.02. The van der Waals surface area contributed by atoms with Crippen LogP contribution in [-0.2, 0) is 6.42 Å². The van der Waals surface area contributed by atoms with Gasteiger partial charge in [0.25, 0.3) is 0 Å². The van der Waals surface area contributed by atoms with Gasteiger partial charge in [-0.15, -0.1) is 11.3 Å². The molecule has 6 heteroatoms. The van der Waals surface area contributed by atoms with E-state index in [-0.39, 0.29) is 5.82 Å². The highest BCUT2D eigenvalue weighted by Crippen LogP contribution is 2.35. The predicted molar refractivity (Wildman–Crippen MR) is 109 cm³/mol. The van der Waals surface area contributed by atoms with Crippen molar-refractivity contribution in [1.82, 2.24) is 10.3 Å². The van der Waals surface area contributed by atoms with Crippen LogP contribution in [0, 0.1) is 24.1 Å². The lowest BCUT2D eigenvalue weighted by Gasteiger charge is -2.13. The third-order valence-corrected chi connectivity index (χ3v) is 5.71. The van der Waals surface area contributed by atoms with E-state index in [9.17, 15) is 9.50 Å². The fraction of sp³-hybridized carbons (Fsp3) is 0.429. The van der Waals surface area contributed by atoms with E-state index in [1.807, 2.05) is 13.1 Å². The van der Waals surface area contributed by atoms with E-state index in [4.69, 9.17) is 5.41 Å². The Bertz CT molecular complexity index is 868. The molecule has 0 amide bonds. The molecule has 1 aliphatic carbocycles. The summed E-state index contributed by atoms with van der Waals surface area (Å²) in [4.78, 5) is 5.67. The highest BCUT2D eigenvalue weighted by atomic mass is 32.1. The summed E-state index contributed by atoms with van der Waals surface area (Å²) in [6.07, 6.45) is 4.31. The molecule has 4 nitrogen and oxygen atoms in total. The minimum atomic E-state index is -0.787. The largest absolute Gasteiger partial charge is 0.390 e. The van der Waals surface area contributed by atoms with Crippen LogP contribution in [0.1, 0.15) is 48.2 Å². The number of aliphatic hydroxyl groups excluding tert-OH is 1. The molecule has 0 unspecified atom stereocenters. The van der Waals surface area contributed by atoms with Crippen LogP contribution < -0.4 is 5.32 Å². The molecule has 3 N–H and O–H groups in total. The van der Waals surface area contributed by atoms with Crippen LogP contribution >= 0.6 is 11.3 Å². The van der Waals surface area contributed by atoms with E-state index in [0.29, 0.717) is 17.7 Å². The molecule has 1 fully saturated rings. The maximum atomic E-state index is 13.7. The zero-order chi connectivity index (χ0) is 19.6. The summed E-state index contributed by atoms with van der Waals surface area (Å²) in [5.41, 5.74) is 3.48. The highest BCUT2D eigenvalue weighted by Gasteiger charge is 2.21. The Hall–Kier alpha value is -2.05. The van der Waals surface area contributed by atoms with Crippen molar-refractivity contribution in [3.05, 3.63) is 51.2 Å². The first-order valence-electron chi connectivity index (χ1n) is 9.27. The topological polar surface area (TPSA) is 69.0 Å². The molecule has 1 atom stereocenters. The Morgan fingerprint density at radius 3 is 2.85 bits per heavy atom. The zero-order valence-corrected chi connectivity index (χ0v) is 16.8. The standard InChI is InChI=1S/C21H26FN3OS/c1-12(23)16(11-24-10-15-4-5-15)8-20-21(25-14(3)27-20)18-7-6-17(22)9-19(18)13(2)26/h6-7,9,11,13,15,23-24,26H,4-5,8,10H2,1-3H3/b16-11-,23-12?/t13-/m1/s1. The SMILES string of the molecule is CC(=N)/C(=C\NCC1CC1)Cc1sc(C)nc1-c1ccc(F)cc1[C@@H](C)O. The predicted octanol–water partition coefficient (Wildman–Crippen LogP) is 4.78. The first-order valence-corrected chi connectivity index (χ1v) is 10.1.